The van der Waals surface area contributed by atoms with Crippen molar-refractivity contribution in [3.05, 3.63) is 70.8 Å². The average Bonchev–Trinajstić information content (AvgIpc) is 2.40. The zero-order valence-corrected chi connectivity index (χ0v) is 9.76. The SMILES string of the molecule is N#Cc1ccc(Cc2ccccc2C(N)=O)cc1. The summed E-state index contributed by atoms with van der Waals surface area (Å²) in [5.41, 5.74) is 8.44. The minimum Gasteiger partial charge on any atom is -0.366 e. The van der Waals surface area contributed by atoms with Gasteiger partial charge in [-0.15, -0.1) is 0 Å². The molecule has 0 aromatic heterocycles. The Morgan fingerprint density at radius 2 is 1.78 bits per heavy atom. The van der Waals surface area contributed by atoms with Crippen LogP contribution in [0.5, 0.6) is 0 Å². The van der Waals surface area contributed by atoms with E-state index < -0.39 is 5.91 Å². The van der Waals surface area contributed by atoms with Crippen molar-refractivity contribution in [3.8, 4) is 6.07 Å². The molecule has 1 amide bonds. The van der Waals surface area contributed by atoms with Crippen LogP contribution >= 0.6 is 0 Å². The molecule has 0 aliphatic heterocycles. The summed E-state index contributed by atoms with van der Waals surface area (Å²) < 4.78 is 0. The second-order valence-electron chi connectivity index (χ2n) is 4.01. The highest BCUT2D eigenvalue weighted by atomic mass is 16.1. The van der Waals surface area contributed by atoms with E-state index >= 15 is 0 Å². The molecule has 2 N–H and O–H groups in total. The number of nitriles is 1. The van der Waals surface area contributed by atoms with Crippen LogP contribution in [0, 0.1) is 11.3 Å². The number of amides is 1. The largest absolute Gasteiger partial charge is 0.366 e. The number of hydrogen-bond donors (Lipinski definition) is 1. The molecule has 3 heteroatoms. The van der Waals surface area contributed by atoms with Crippen LogP contribution in [0.25, 0.3) is 0 Å². The Labute approximate surface area is 105 Å². The lowest BCUT2D eigenvalue weighted by Gasteiger charge is -2.06. The van der Waals surface area contributed by atoms with Gasteiger partial charge >= 0.3 is 0 Å². The van der Waals surface area contributed by atoms with E-state index in [0.717, 1.165) is 11.1 Å². The van der Waals surface area contributed by atoms with Crippen LogP contribution in [0.2, 0.25) is 0 Å². The zero-order chi connectivity index (χ0) is 13.0. The van der Waals surface area contributed by atoms with E-state index in [9.17, 15) is 4.79 Å². The summed E-state index contributed by atoms with van der Waals surface area (Å²) in [5, 5.41) is 8.72. The number of hydrogen-bond acceptors (Lipinski definition) is 2. The molecular weight excluding hydrogens is 224 g/mol. The quantitative estimate of drug-likeness (QED) is 0.888. The zero-order valence-electron chi connectivity index (χ0n) is 9.76. The molecule has 0 unspecified atom stereocenters. The predicted molar refractivity (Wildman–Crippen MR) is 68.9 cm³/mol. The third kappa shape index (κ3) is 2.55. The van der Waals surface area contributed by atoms with Crippen LogP contribution in [-0.4, -0.2) is 5.91 Å². The summed E-state index contributed by atoms with van der Waals surface area (Å²) in [6.07, 6.45) is 0.630. The van der Waals surface area contributed by atoms with Gasteiger partial charge in [-0.3, -0.25) is 4.79 Å². The van der Waals surface area contributed by atoms with Gasteiger partial charge in [0.15, 0.2) is 0 Å². The first-order valence-corrected chi connectivity index (χ1v) is 5.57. The number of nitrogens with zero attached hydrogens (tertiary/aromatic N) is 1. The minimum absolute atomic E-state index is 0.417. The summed E-state index contributed by atoms with van der Waals surface area (Å²) in [5.74, 6) is -0.417. The van der Waals surface area contributed by atoms with E-state index in [-0.39, 0.29) is 0 Å². The van der Waals surface area contributed by atoms with Crippen molar-refractivity contribution in [1.82, 2.24) is 0 Å². The Bertz CT molecular complexity index is 609. The minimum atomic E-state index is -0.417. The van der Waals surface area contributed by atoms with Crippen LogP contribution in [0.1, 0.15) is 27.0 Å². The molecule has 2 rings (SSSR count). The lowest BCUT2D eigenvalue weighted by Crippen LogP contribution is -2.13. The molecule has 0 fully saturated rings. The number of carbonyl (C=O) groups excluding carboxylic acids is 1. The highest BCUT2D eigenvalue weighted by molar-refractivity contribution is 5.94. The first-order valence-electron chi connectivity index (χ1n) is 5.57. The highest BCUT2D eigenvalue weighted by Crippen LogP contribution is 2.14. The fourth-order valence-corrected chi connectivity index (χ4v) is 1.83. The fourth-order valence-electron chi connectivity index (χ4n) is 1.83. The normalized spacial score (nSPS) is 9.72. The van der Waals surface area contributed by atoms with Gasteiger partial charge in [0.2, 0.25) is 5.91 Å². The Hall–Kier alpha value is -2.60. The van der Waals surface area contributed by atoms with Gasteiger partial charge in [-0.2, -0.15) is 5.26 Å². The average molecular weight is 236 g/mol. The fraction of sp³-hybridized carbons (Fsp3) is 0.0667. The number of nitrogens with two attached hydrogens (primary N) is 1. The first kappa shape index (κ1) is 11.9. The predicted octanol–water partition coefficient (Wildman–Crippen LogP) is 2.25. The maximum atomic E-state index is 11.3. The number of benzene rings is 2. The van der Waals surface area contributed by atoms with E-state index in [4.69, 9.17) is 11.0 Å². The van der Waals surface area contributed by atoms with Gasteiger partial charge in [-0.25, -0.2) is 0 Å². The molecule has 0 heterocycles. The Morgan fingerprint density at radius 1 is 1.11 bits per heavy atom. The van der Waals surface area contributed by atoms with Crippen molar-refractivity contribution in [2.75, 3.05) is 0 Å². The van der Waals surface area contributed by atoms with Crippen molar-refractivity contribution in [2.24, 2.45) is 5.73 Å². The van der Waals surface area contributed by atoms with Gasteiger partial charge in [0, 0.05) is 5.56 Å². The summed E-state index contributed by atoms with van der Waals surface area (Å²) in [6, 6.07) is 16.7. The second-order valence-corrected chi connectivity index (χ2v) is 4.01. The molecule has 0 bridgehead atoms. The summed E-state index contributed by atoms with van der Waals surface area (Å²) in [7, 11) is 0. The number of rotatable bonds is 3. The number of carbonyl (C=O) groups is 1. The van der Waals surface area contributed by atoms with Crippen molar-refractivity contribution in [3.63, 3.8) is 0 Å². The molecule has 0 radical (unpaired) electrons. The standard InChI is InChI=1S/C15H12N2O/c16-10-12-7-5-11(6-8-12)9-13-3-1-2-4-14(13)15(17)18/h1-8H,9H2,(H2,17,18). The van der Waals surface area contributed by atoms with Gasteiger partial charge in [0.1, 0.15) is 0 Å². The molecule has 18 heavy (non-hydrogen) atoms. The maximum Gasteiger partial charge on any atom is 0.248 e. The van der Waals surface area contributed by atoms with Gasteiger partial charge < -0.3 is 5.73 Å². The van der Waals surface area contributed by atoms with Crippen molar-refractivity contribution in [1.29, 1.82) is 5.26 Å². The molecule has 0 spiro atoms. The van der Waals surface area contributed by atoms with Gasteiger partial charge in [-0.05, 0) is 35.7 Å². The lowest BCUT2D eigenvalue weighted by atomic mass is 9.99. The summed E-state index contributed by atoms with van der Waals surface area (Å²) in [4.78, 5) is 11.3. The van der Waals surface area contributed by atoms with Crippen molar-refractivity contribution < 1.29 is 4.79 Å². The molecule has 88 valence electrons. The third-order valence-electron chi connectivity index (χ3n) is 2.76. The summed E-state index contributed by atoms with van der Waals surface area (Å²) >= 11 is 0. The first-order chi connectivity index (χ1) is 8.70. The maximum absolute atomic E-state index is 11.3. The number of primary amides is 1. The van der Waals surface area contributed by atoms with Crippen LogP contribution < -0.4 is 5.73 Å². The van der Waals surface area contributed by atoms with Gasteiger partial charge in [0.05, 0.1) is 11.6 Å². The van der Waals surface area contributed by atoms with E-state index in [0.29, 0.717) is 17.5 Å². The highest BCUT2D eigenvalue weighted by Gasteiger charge is 2.07. The molecule has 0 saturated heterocycles. The molecule has 0 aliphatic carbocycles. The summed E-state index contributed by atoms with van der Waals surface area (Å²) in [6.45, 7) is 0. The van der Waals surface area contributed by atoms with Crippen molar-refractivity contribution >= 4 is 5.91 Å². The molecular formula is C15H12N2O. The molecule has 3 nitrogen and oxygen atoms in total. The Morgan fingerprint density at radius 3 is 2.39 bits per heavy atom. The molecule has 0 aliphatic rings. The molecule has 2 aromatic carbocycles. The van der Waals surface area contributed by atoms with E-state index in [1.807, 2.05) is 24.3 Å². The lowest BCUT2D eigenvalue weighted by molar-refractivity contribution is 0.0999. The molecule has 2 aromatic rings. The van der Waals surface area contributed by atoms with E-state index in [1.54, 1.807) is 24.3 Å². The van der Waals surface area contributed by atoms with E-state index in [2.05, 4.69) is 6.07 Å². The van der Waals surface area contributed by atoms with Gasteiger partial charge in [0.25, 0.3) is 0 Å². The van der Waals surface area contributed by atoms with Crippen LogP contribution in [0.3, 0.4) is 0 Å². The monoisotopic (exact) mass is 236 g/mol. The second kappa shape index (κ2) is 5.15. The topological polar surface area (TPSA) is 66.9 Å². The molecule has 0 saturated carbocycles. The van der Waals surface area contributed by atoms with Gasteiger partial charge in [-0.1, -0.05) is 30.3 Å². The Kier molecular flexibility index (Phi) is 3.40. The smallest absolute Gasteiger partial charge is 0.248 e. The third-order valence-corrected chi connectivity index (χ3v) is 2.76. The van der Waals surface area contributed by atoms with Crippen LogP contribution in [0.15, 0.2) is 48.5 Å². The van der Waals surface area contributed by atoms with Crippen molar-refractivity contribution in [2.45, 2.75) is 6.42 Å². The Balaban J connectivity index is 2.28. The molecule has 0 atom stereocenters. The van der Waals surface area contributed by atoms with E-state index in [1.165, 1.54) is 0 Å². The van der Waals surface area contributed by atoms with Crippen LogP contribution in [-0.2, 0) is 6.42 Å². The van der Waals surface area contributed by atoms with Crippen LogP contribution in [0.4, 0.5) is 0 Å².